The summed E-state index contributed by atoms with van der Waals surface area (Å²) < 4.78 is 0. The van der Waals surface area contributed by atoms with Crippen molar-refractivity contribution in [1.82, 2.24) is 25.5 Å². The fourth-order valence-electron chi connectivity index (χ4n) is 4.29. The van der Waals surface area contributed by atoms with Gasteiger partial charge in [-0.1, -0.05) is 24.4 Å². The van der Waals surface area contributed by atoms with Crippen LogP contribution in [0.4, 0.5) is 17.6 Å². The Morgan fingerprint density at radius 1 is 1.36 bits per heavy atom. The van der Waals surface area contributed by atoms with E-state index in [-0.39, 0.29) is 0 Å². The third-order valence-corrected chi connectivity index (χ3v) is 5.86. The minimum absolute atomic E-state index is 0.352. The van der Waals surface area contributed by atoms with Crippen LogP contribution in [0.25, 0.3) is 0 Å². The SMILES string of the molecule is Cc1cc(Nc2nc(N(C)C3CNCC34CCCC4)ncc2Cl)n[nH]1. The molecule has 8 heteroatoms. The standard InChI is InChI=1S/C17H24ClN7/c1-11-7-14(24-23-11)21-15-12(18)8-20-16(22-15)25(2)13-9-19-10-17(13)5-3-4-6-17/h7-8,13,19H,3-6,9-10H2,1-2H3,(H2,20,21,22,23,24). The van der Waals surface area contributed by atoms with Gasteiger partial charge in [-0.05, 0) is 19.8 Å². The van der Waals surface area contributed by atoms with E-state index in [1.54, 1.807) is 6.20 Å². The van der Waals surface area contributed by atoms with E-state index in [1.807, 2.05) is 13.0 Å². The Hall–Kier alpha value is -1.86. The number of aromatic nitrogens is 4. The van der Waals surface area contributed by atoms with Crippen LogP contribution < -0.4 is 15.5 Å². The van der Waals surface area contributed by atoms with Crippen molar-refractivity contribution in [3.8, 4) is 0 Å². The number of aromatic amines is 1. The number of halogens is 1. The highest BCUT2D eigenvalue weighted by molar-refractivity contribution is 6.32. The Labute approximate surface area is 152 Å². The first-order chi connectivity index (χ1) is 12.1. The molecule has 4 rings (SSSR count). The van der Waals surface area contributed by atoms with E-state index < -0.39 is 0 Å². The zero-order chi connectivity index (χ0) is 17.4. The molecule has 1 aliphatic carbocycles. The smallest absolute Gasteiger partial charge is 0.227 e. The molecule has 25 heavy (non-hydrogen) atoms. The molecule has 2 fully saturated rings. The van der Waals surface area contributed by atoms with Gasteiger partial charge >= 0.3 is 0 Å². The third kappa shape index (κ3) is 3.06. The van der Waals surface area contributed by atoms with Crippen LogP contribution in [0.5, 0.6) is 0 Å². The number of aryl methyl sites for hydroxylation is 1. The first-order valence-corrected chi connectivity index (χ1v) is 9.20. The lowest BCUT2D eigenvalue weighted by Crippen LogP contribution is -2.45. The van der Waals surface area contributed by atoms with Crippen molar-refractivity contribution in [3.05, 3.63) is 23.0 Å². The lowest BCUT2D eigenvalue weighted by molar-refractivity contribution is 0.287. The van der Waals surface area contributed by atoms with E-state index in [0.717, 1.165) is 18.8 Å². The Morgan fingerprint density at radius 2 is 2.16 bits per heavy atom. The second-order valence-corrected chi connectivity index (χ2v) is 7.66. The molecule has 1 unspecified atom stereocenters. The first kappa shape index (κ1) is 16.6. The first-order valence-electron chi connectivity index (χ1n) is 8.82. The number of nitrogens with one attached hydrogen (secondary N) is 3. The molecule has 2 aliphatic rings. The van der Waals surface area contributed by atoms with Gasteiger partial charge in [0.15, 0.2) is 11.6 Å². The molecule has 1 spiro atoms. The molecule has 3 heterocycles. The van der Waals surface area contributed by atoms with Crippen molar-refractivity contribution in [1.29, 1.82) is 0 Å². The van der Waals surface area contributed by atoms with Gasteiger partial charge in [-0.25, -0.2) is 4.98 Å². The van der Waals surface area contributed by atoms with E-state index in [4.69, 9.17) is 11.6 Å². The second kappa shape index (κ2) is 6.46. The number of anilines is 3. The van der Waals surface area contributed by atoms with Gasteiger partial charge in [0.25, 0.3) is 0 Å². The largest absolute Gasteiger partial charge is 0.339 e. The van der Waals surface area contributed by atoms with Crippen LogP contribution in [0.3, 0.4) is 0 Å². The molecule has 0 aromatic carbocycles. The van der Waals surface area contributed by atoms with E-state index in [0.29, 0.717) is 34.1 Å². The Bertz CT molecular complexity index is 748. The molecular weight excluding hydrogens is 338 g/mol. The molecule has 3 N–H and O–H groups in total. The average molecular weight is 362 g/mol. The fourth-order valence-corrected chi connectivity index (χ4v) is 4.43. The molecule has 1 aliphatic heterocycles. The third-order valence-electron chi connectivity index (χ3n) is 5.59. The molecule has 0 radical (unpaired) electrons. The summed E-state index contributed by atoms with van der Waals surface area (Å²) in [5, 5.41) is 14.3. The van der Waals surface area contributed by atoms with Gasteiger partial charge in [-0.2, -0.15) is 10.1 Å². The summed E-state index contributed by atoms with van der Waals surface area (Å²) in [5.74, 6) is 1.97. The predicted molar refractivity (Wildman–Crippen MR) is 99.6 cm³/mol. The Balaban J connectivity index is 1.58. The number of likely N-dealkylation sites (N-methyl/N-ethyl adjacent to an activating group) is 1. The van der Waals surface area contributed by atoms with Crippen molar-refractivity contribution < 1.29 is 0 Å². The van der Waals surface area contributed by atoms with Gasteiger partial charge in [0.2, 0.25) is 5.95 Å². The molecular formula is C17H24ClN7. The van der Waals surface area contributed by atoms with Crippen molar-refractivity contribution in [2.24, 2.45) is 5.41 Å². The number of hydrogen-bond donors (Lipinski definition) is 3. The summed E-state index contributed by atoms with van der Waals surface area (Å²) in [6.45, 7) is 4.02. The maximum atomic E-state index is 6.28. The highest BCUT2D eigenvalue weighted by Crippen LogP contribution is 2.45. The summed E-state index contributed by atoms with van der Waals surface area (Å²) >= 11 is 6.28. The van der Waals surface area contributed by atoms with Crippen molar-refractivity contribution >= 4 is 29.2 Å². The summed E-state index contributed by atoms with van der Waals surface area (Å²) in [7, 11) is 2.09. The lowest BCUT2D eigenvalue weighted by atomic mass is 9.81. The summed E-state index contributed by atoms with van der Waals surface area (Å²) in [6.07, 6.45) is 6.85. The zero-order valence-electron chi connectivity index (χ0n) is 14.6. The Kier molecular flexibility index (Phi) is 4.29. The molecule has 134 valence electrons. The average Bonchev–Trinajstić information content (AvgIpc) is 3.33. The van der Waals surface area contributed by atoms with Gasteiger partial charge in [-0.3, -0.25) is 5.10 Å². The van der Waals surface area contributed by atoms with Gasteiger partial charge in [0, 0.05) is 37.3 Å². The molecule has 0 amide bonds. The minimum Gasteiger partial charge on any atom is -0.339 e. The van der Waals surface area contributed by atoms with E-state index in [1.165, 1.54) is 25.7 Å². The van der Waals surface area contributed by atoms with E-state index in [2.05, 4.69) is 42.7 Å². The van der Waals surface area contributed by atoms with Crippen LogP contribution >= 0.6 is 11.6 Å². The van der Waals surface area contributed by atoms with Crippen molar-refractivity contribution in [2.75, 3.05) is 30.4 Å². The highest BCUT2D eigenvalue weighted by atomic mass is 35.5. The number of rotatable bonds is 4. The van der Waals surface area contributed by atoms with Crippen LogP contribution in [0, 0.1) is 12.3 Å². The molecule has 1 saturated carbocycles. The molecule has 1 saturated heterocycles. The van der Waals surface area contributed by atoms with Crippen LogP contribution in [0.15, 0.2) is 12.3 Å². The monoisotopic (exact) mass is 361 g/mol. The zero-order valence-corrected chi connectivity index (χ0v) is 15.4. The topological polar surface area (TPSA) is 81.8 Å². The molecule has 2 aromatic rings. The van der Waals surface area contributed by atoms with E-state index in [9.17, 15) is 0 Å². The quantitative estimate of drug-likeness (QED) is 0.776. The summed E-state index contributed by atoms with van der Waals surface area (Å²) in [4.78, 5) is 11.3. The number of hydrogen-bond acceptors (Lipinski definition) is 6. The Morgan fingerprint density at radius 3 is 2.88 bits per heavy atom. The van der Waals surface area contributed by atoms with Crippen molar-refractivity contribution in [2.45, 2.75) is 38.6 Å². The fraction of sp³-hybridized carbons (Fsp3) is 0.588. The van der Waals surface area contributed by atoms with Crippen LogP contribution in [-0.4, -0.2) is 46.3 Å². The summed E-state index contributed by atoms with van der Waals surface area (Å²) in [5.41, 5.74) is 1.33. The minimum atomic E-state index is 0.352. The predicted octanol–water partition coefficient (Wildman–Crippen LogP) is 2.87. The molecule has 0 bridgehead atoms. The number of nitrogens with zero attached hydrogens (tertiary/aromatic N) is 4. The number of H-pyrrole nitrogens is 1. The molecule has 1 atom stereocenters. The second-order valence-electron chi connectivity index (χ2n) is 7.25. The maximum absolute atomic E-state index is 6.28. The lowest BCUT2D eigenvalue weighted by Gasteiger charge is -2.36. The van der Waals surface area contributed by atoms with Crippen LogP contribution in [0.1, 0.15) is 31.4 Å². The highest BCUT2D eigenvalue weighted by Gasteiger charge is 2.47. The van der Waals surface area contributed by atoms with E-state index >= 15 is 0 Å². The summed E-state index contributed by atoms with van der Waals surface area (Å²) in [6, 6.07) is 2.33. The van der Waals surface area contributed by atoms with Gasteiger partial charge in [0.1, 0.15) is 5.02 Å². The van der Waals surface area contributed by atoms with Crippen LogP contribution in [-0.2, 0) is 0 Å². The molecule has 2 aromatic heterocycles. The maximum Gasteiger partial charge on any atom is 0.227 e. The normalized spacial score (nSPS) is 21.8. The molecule has 7 nitrogen and oxygen atoms in total. The van der Waals surface area contributed by atoms with Crippen LogP contribution in [0.2, 0.25) is 5.02 Å². The van der Waals surface area contributed by atoms with Gasteiger partial charge in [0.05, 0.1) is 12.2 Å². The van der Waals surface area contributed by atoms with Crippen molar-refractivity contribution in [3.63, 3.8) is 0 Å². The van der Waals surface area contributed by atoms with Gasteiger partial charge in [-0.15, -0.1) is 0 Å². The van der Waals surface area contributed by atoms with Gasteiger partial charge < -0.3 is 15.5 Å².